The summed E-state index contributed by atoms with van der Waals surface area (Å²) in [5.41, 5.74) is 7.03. The van der Waals surface area contributed by atoms with Crippen molar-refractivity contribution in [3.8, 4) is 11.5 Å². The summed E-state index contributed by atoms with van der Waals surface area (Å²) in [5.74, 6) is 1.83. The van der Waals surface area contributed by atoms with Crippen LogP contribution in [0.15, 0.2) is 66.2 Å². The molecule has 2 aliphatic heterocycles. The number of likely N-dealkylation sites (tertiary alicyclic amines) is 1. The molecule has 0 bridgehead atoms. The van der Waals surface area contributed by atoms with Gasteiger partial charge in [0.25, 0.3) is 5.69 Å². The normalized spacial score (nSPS) is 18.9. The van der Waals surface area contributed by atoms with Gasteiger partial charge in [0.1, 0.15) is 18.1 Å². The van der Waals surface area contributed by atoms with Crippen LogP contribution in [0.5, 0.6) is 11.5 Å². The molecule has 198 valence electrons. The van der Waals surface area contributed by atoms with Crippen LogP contribution in [0.2, 0.25) is 0 Å². The van der Waals surface area contributed by atoms with Gasteiger partial charge in [0.2, 0.25) is 0 Å². The van der Waals surface area contributed by atoms with Gasteiger partial charge in [0.05, 0.1) is 11.5 Å². The highest BCUT2D eigenvalue weighted by Crippen LogP contribution is 2.43. The number of aryl methyl sites for hydroxylation is 2. The fraction of sp³-hybridized carbons (Fsp3) is 0.375. The molecule has 0 amide bonds. The van der Waals surface area contributed by atoms with E-state index in [-0.39, 0.29) is 16.5 Å². The summed E-state index contributed by atoms with van der Waals surface area (Å²) in [5, 5.41) is 11.1. The molecule has 0 aromatic heterocycles. The minimum Gasteiger partial charge on any atom is -0.493 e. The molecule has 3 aromatic rings. The van der Waals surface area contributed by atoms with Crippen LogP contribution in [0.3, 0.4) is 0 Å². The first-order chi connectivity index (χ1) is 18.5. The third kappa shape index (κ3) is 6.08. The van der Waals surface area contributed by atoms with Gasteiger partial charge in [0, 0.05) is 36.6 Å². The maximum Gasteiger partial charge on any atom is 0.269 e. The molecule has 0 saturated carbocycles. The van der Waals surface area contributed by atoms with Gasteiger partial charge in [-0.3, -0.25) is 15.0 Å². The molecule has 0 radical (unpaired) electrons. The molecule has 6 nitrogen and oxygen atoms in total. The zero-order valence-electron chi connectivity index (χ0n) is 22.3. The molecule has 1 unspecified atom stereocenters. The molecule has 0 N–H and O–H groups in total. The van der Waals surface area contributed by atoms with Gasteiger partial charge in [-0.2, -0.15) is 0 Å². The second-order valence-corrected chi connectivity index (χ2v) is 10.4. The number of nitro benzene ring substituents is 1. The lowest BCUT2D eigenvalue weighted by Gasteiger charge is -2.26. The number of rotatable bonds is 7. The molecule has 1 saturated heterocycles. The summed E-state index contributed by atoms with van der Waals surface area (Å²) in [6, 6.07) is 19.6. The van der Waals surface area contributed by atoms with Crippen molar-refractivity contribution in [3.63, 3.8) is 0 Å². The van der Waals surface area contributed by atoms with Gasteiger partial charge in [-0.05, 0) is 92.4 Å². The van der Waals surface area contributed by atoms with E-state index in [9.17, 15) is 10.1 Å². The van der Waals surface area contributed by atoms with Crippen molar-refractivity contribution < 1.29 is 14.4 Å². The van der Waals surface area contributed by atoms with Crippen LogP contribution in [-0.4, -0.2) is 42.7 Å². The second kappa shape index (κ2) is 11.8. The van der Waals surface area contributed by atoms with Gasteiger partial charge < -0.3 is 9.47 Å². The Balaban J connectivity index is 1.43. The van der Waals surface area contributed by atoms with Crippen LogP contribution < -0.4 is 9.47 Å². The molecule has 1 atom stereocenters. The Morgan fingerprint density at radius 2 is 1.71 bits per heavy atom. The Morgan fingerprint density at radius 3 is 2.42 bits per heavy atom. The van der Waals surface area contributed by atoms with Gasteiger partial charge in [-0.15, -0.1) is 0 Å². The highest BCUT2D eigenvalue weighted by atomic mass is 16.6. The maximum atomic E-state index is 11.1. The summed E-state index contributed by atoms with van der Waals surface area (Å²) in [4.78, 5) is 13.2. The zero-order valence-corrected chi connectivity index (χ0v) is 22.3. The number of nitrogens with zero attached hydrogens (tertiary/aromatic N) is 2. The minimum absolute atomic E-state index is 0.0180. The van der Waals surface area contributed by atoms with E-state index < -0.39 is 0 Å². The SMILES string of the molecule is Cc1cc2c(cc1C)C(c1ccc(OCCN3CCCCC3)cc1)/C(=C/c1ccc([N+](=O)[O-])cc1)CCO2. The molecule has 0 spiro atoms. The van der Waals surface area contributed by atoms with Crippen molar-refractivity contribution in [2.45, 2.75) is 45.4 Å². The van der Waals surface area contributed by atoms with Crippen LogP contribution in [0.1, 0.15) is 59.4 Å². The number of hydrogen-bond donors (Lipinski definition) is 0. The summed E-state index contributed by atoms with van der Waals surface area (Å²) in [6.45, 7) is 8.85. The van der Waals surface area contributed by atoms with E-state index in [2.05, 4.69) is 61.2 Å². The van der Waals surface area contributed by atoms with E-state index in [0.29, 0.717) is 13.2 Å². The first-order valence-corrected chi connectivity index (χ1v) is 13.6. The Hall–Kier alpha value is -3.64. The number of nitro groups is 1. The highest BCUT2D eigenvalue weighted by Gasteiger charge is 2.26. The fourth-order valence-corrected chi connectivity index (χ4v) is 5.47. The molecule has 2 aliphatic rings. The number of fused-ring (bicyclic) bond motifs is 1. The van der Waals surface area contributed by atoms with Gasteiger partial charge >= 0.3 is 0 Å². The van der Waals surface area contributed by atoms with Crippen LogP contribution in [-0.2, 0) is 0 Å². The van der Waals surface area contributed by atoms with Crippen LogP contribution in [0, 0.1) is 24.0 Å². The Morgan fingerprint density at radius 1 is 1.00 bits per heavy atom. The van der Waals surface area contributed by atoms with Crippen LogP contribution in [0.4, 0.5) is 5.69 Å². The maximum absolute atomic E-state index is 11.1. The highest BCUT2D eigenvalue weighted by molar-refractivity contribution is 5.62. The molecule has 0 aliphatic carbocycles. The number of benzene rings is 3. The Kier molecular flexibility index (Phi) is 8.08. The number of hydrogen-bond acceptors (Lipinski definition) is 5. The molecular formula is C32H36N2O4. The monoisotopic (exact) mass is 512 g/mol. The molecule has 3 aromatic carbocycles. The lowest BCUT2D eigenvalue weighted by molar-refractivity contribution is -0.384. The largest absolute Gasteiger partial charge is 0.493 e. The third-order valence-corrected chi connectivity index (χ3v) is 7.75. The first-order valence-electron chi connectivity index (χ1n) is 13.6. The summed E-state index contributed by atoms with van der Waals surface area (Å²) in [6.07, 6.45) is 6.84. The lowest BCUT2D eigenvalue weighted by Crippen LogP contribution is -2.33. The van der Waals surface area contributed by atoms with E-state index in [1.807, 2.05) is 12.1 Å². The topological polar surface area (TPSA) is 64.8 Å². The molecular weight excluding hydrogens is 476 g/mol. The average Bonchev–Trinajstić information content (AvgIpc) is 3.09. The molecule has 6 heteroatoms. The van der Waals surface area contributed by atoms with Gasteiger partial charge in [0.15, 0.2) is 0 Å². The Labute approximate surface area is 225 Å². The standard InChI is InChI=1S/C32H36N2O4/c1-23-20-30-31(21-24(23)2)38-18-14-27(22-25-6-10-28(11-7-25)34(35)36)32(30)26-8-12-29(13-9-26)37-19-17-33-15-4-3-5-16-33/h6-13,20-22,32H,3-5,14-19H2,1-2H3/b27-22+. The zero-order chi connectivity index (χ0) is 26.5. The smallest absolute Gasteiger partial charge is 0.269 e. The van der Waals surface area contributed by atoms with Crippen molar-refractivity contribution >= 4 is 11.8 Å². The van der Waals surface area contributed by atoms with Crippen molar-refractivity contribution in [2.75, 3.05) is 32.8 Å². The number of non-ortho nitro benzene ring substituents is 1. The summed E-state index contributed by atoms with van der Waals surface area (Å²) >= 11 is 0. The predicted molar refractivity (Wildman–Crippen MR) is 151 cm³/mol. The van der Waals surface area contributed by atoms with Crippen molar-refractivity contribution in [2.24, 2.45) is 0 Å². The van der Waals surface area contributed by atoms with E-state index in [0.717, 1.165) is 35.6 Å². The number of piperidine rings is 1. The molecule has 38 heavy (non-hydrogen) atoms. The number of ether oxygens (including phenoxy) is 2. The summed E-state index contributed by atoms with van der Waals surface area (Å²) < 4.78 is 12.3. The van der Waals surface area contributed by atoms with E-state index in [1.165, 1.54) is 54.6 Å². The average molecular weight is 513 g/mol. The van der Waals surface area contributed by atoms with Crippen molar-refractivity contribution in [1.82, 2.24) is 4.90 Å². The van der Waals surface area contributed by atoms with Crippen molar-refractivity contribution in [1.29, 1.82) is 0 Å². The van der Waals surface area contributed by atoms with Gasteiger partial charge in [-0.25, -0.2) is 0 Å². The van der Waals surface area contributed by atoms with E-state index in [1.54, 1.807) is 12.1 Å². The van der Waals surface area contributed by atoms with Crippen LogP contribution >= 0.6 is 0 Å². The quantitative estimate of drug-likeness (QED) is 0.250. The predicted octanol–water partition coefficient (Wildman–Crippen LogP) is 7.07. The van der Waals surface area contributed by atoms with Gasteiger partial charge in [-0.1, -0.05) is 36.3 Å². The molecule has 2 heterocycles. The lowest BCUT2D eigenvalue weighted by atomic mass is 9.81. The molecule has 5 rings (SSSR count). The van der Waals surface area contributed by atoms with Crippen LogP contribution in [0.25, 0.3) is 6.08 Å². The molecule has 1 fully saturated rings. The van der Waals surface area contributed by atoms with Crippen molar-refractivity contribution in [3.05, 3.63) is 104 Å². The Bertz CT molecular complexity index is 1290. The first kappa shape index (κ1) is 26.0. The minimum atomic E-state index is -0.364. The van der Waals surface area contributed by atoms with E-state index >= 15 is 0 Å². The second-order valence-electron chi connectivity index (χ2n) is 10.4. The fourth-order valence-electron chi connectivity index (χ4n) is 5.47. The summed E-state index contributed by atoms with van der Waals surface area (Å²) in [7, 11) is 0. The van der Waals surface area contributed by atoms with E-state index in [4.69, 9.17) is 9.47 Å². The third-order valence-electron chi connectivity index (χ3n) is 7.75.